The number of carbonyl (C=O) groups excluding carboxylic acids is 2. The highest BCUT2D eigenvalue weighted by atomic mass is 16.5. The summed E-state index contributed by atoms with van der Waals surface area (Å²) in [4.78, 5) is 47.2. The molecule has 0 aliphatic heterocycles. The molecule has 0 saturated carbocycles. The van der Waals surface area contributed by atoms with Crippen LogP contribution in [-0.4, -0.2) is 12.6 Å². The Morgan fingerprint density at radius 1 is 0.667 bits per heavy atom. The van der Waals surface area contributed by atoms with Crippen LogP contribution >= 0.6 is 0 Å². The van der Waals surface area contributed by atoms with Crippen molar-refractivity contribution in [1.29, 1.82) is 0 Å². The lowest BCUT2D eigenvalue weighted by molar-refractivity contribution is 0.111. The van der Waals surface area contributed by atoms with Crippen LogP contribution in [0.15, 0.2) is 67.0 Å². The molecule has 7 nitrogen and oxygen atoms in total. The van der Waals surface area contributed by atoms with Crippen molar-refractivity contribution in [2.45, 2.75) is 0 Å². The van der Waals surface area contributed by atoms with Gasteiger partial charge in [0.1, 0.15) is 22.3 Å². The molecule has 0 aliphatic carbocycles. The molecule has 0 N–H and O–H groups in total. The molecule has 132 valence electrons. The Kier molecular flexibility index (Phi) is 3.89. The van der Waals surface area contributed by atoms with Crippen LogP contribution in [0.1, 0.15) is 20.7 Å². The van der Waals surface area contributed by atoms with Gasteiger partial charge < -0.3 is 13.6 Å². The molecule has 27 heavy (non-hydrogen) atoms. The highest BCUT2D eigenvalue weighted by Crippen LogP contribution is 2.35. The number of hydrogen-bond acceptors (Lipinski definition) is 7. The minimum absolute atomic E-state index is 0.101. The first-order valence-electron chi connectivity index (χ1n) is 7.84. The van der Waals surface area contributed by atoms with Gasteiger partial charge in [-0.2, -0.15) is 0 Å². The average Bonchev–Trinajstić information content (AvgIpc) is 2.68. The van der Waals surface area contributed by atoms with E-state index in [-0.39, 0.29) is 33.8 Å². The summed E-state index contributed by atoms with van der Waals surface area (Å²) in [5.41, 5.74) is -2.10. The molecule has 0 unspecified atom stereocenters. The molecule has 0 saturated heterocycles. The van der Waals surface area contributed by atoms with Gasteiger partial charge in [0.25, 0.3) is 0 Å². The lowest BCUT2D eigenvalue weighted by Gasteiger charge is -2.13. The van der Waals surface area contributed by atoms with Crippen molar-refractivity contribution in [2.24, 2.45) is 0 Å². The van der Waals surface area contributed by atoms with E-state index in [0.717, 1.165) is 0 Å². The first-order chi connectivity index (χ1) is 13.1. The van der Waals surface area contributed by atoms with Crippen LogP contribution in [0.25, 0.3) is 21.9 Å². The Hall–Kier alpha value is -4.00. The van der Waals surface area contributed by atoms with Gasteiger partial charge in [0, 0.05) is 0 Å². The molecule has 7 heteroatoms. The Balaban J connectivity index is 2.09. The van der Waals surface area contributed by atoms with E-state index in [9.17, 15) is 19.2 Å². The maximum atomic E-state index is 12.1. The predicted octanol–water partition coefficient (Wildman–Crippen LogP) is 3.32. The number of rotatable bonds is 4. The molecule has 0 aliphatic rings. The third kappa shape index (κ3) is 2.62. The SMILES string of the molecule is O=Cc1c(Oc2c(C=O)c(=O)oc3ccccc23)c2ccccc2oc1=O. The first kappa shape index (κ1) is 16.5. The van der Waals surface area contributed by atoms with E-state index >= 15 is 0 Å². The van der Waals surface area contributed by atoms with E-state index in [4.69, 9.17) is 13.6 Å². The highest BCUT2D eigenvalue weighted by molar-refractivity contribution is 5.96. The van der Waals surface area contributed by atoms with Gasteiger partial charge in [-0.15, -0.1) is 0 Å². The summed E-state index contributed by atoms with van der Waals surface area (Å²) >= 11 is 0. The van der Waals surface area contributed by atoms with Crippen LogP contribution in [0.3, 0.4) is 0 Å². The van der Waals surface area contributed by atoms with E-state index in [2.05, 4.69) is 0 Å². The molecule has 4 rings (SSSR count). The molecule has 4 aromatic rings. The summed E-state index contributed by atoms with van der Waals surface area (Å²) in [6.07, 6.45) is 0.615. The van der Waals surface area contributed by atoms with Gasteiger partial charge in [-0.25, -0.2) is 9.59 Å². The van der Waals surface area contributed by atoms with Gasteiger partial charge in [-0.3, -0.25) is 9.59 Å². The van der Waals surface area contributed by atoms with Crippen molar-refractivity contribution >= 4 is 34.5 Å². The monoisotopic (exact) mass is 362 g/mol. The minimum Gasteiger partial charge on any atom is -0.454 e. The quantitative estimate of drug-likeness (QED) is 0.405. The van der Waals surface area contributed by atoms with Crippen LogP contribution in [0.4, 0.5) is 0 Å². The lowest BCUT2D eigenvalue weighted by Crippen LogP contribution is -2.12. The Morgan fingerprint density at radius 3 is 1.48 bits per heavy atom. The van der Waals surface area contributed by atoms with Crippen molar-refractivity contribution in [3.8, 4) is 11.5 Å². The second kappa shape index (κ2) is 6.38. The Labute approximate surface area is 150 Å². The molecule has 0 bridgehead atoms. The Bertz CT molecular complexity index is 1220. The largest absolute Gasteiger partial charge is 0.454 e. The first-order valence-corrected chi connectivity index (χ1v) is 7.84. The molecule has 2 heterocycles. The summed E-state index contributed by atoms with van der Waals surface area (Å²) < 4.78 is 16.1. The number of benzene rings is 2. The smallest absolute Gasteiger partial charge is 0.350 e. The predicted molar refractivity (Wildman–Crippen MR) is 95.8 cm³/mol. The van der Waals surface area contributed by atoms with E-state index in [1.807, 2.05) is 0 Å². The van der Waals surface area contributed by atoms with Crippen LogP contribution in [0.2, 0.25) is 0 Å². The summed E-state index contributed by atoms with van der Waals surface area (Å²) in [5, 5.41) is 0.682. The zero-order valence-electron chi connectivity index (χ0n) is 13.6. The van der Waals surface area contributed by atoms with Crippen molar-refractivity contribution in [3.05, 3.63) is 80.5 Å². The van der Waals surface area contributed by atoms with E-state index in [1.54, 1.807) is 36.4 Å². The molecule has 2 aromatic carbocycles. The van der Waals surface area contributed by atoms with Crippen LogP contribution in [0, 0.1) is 0 Å². The second-order valence-electron chi connectivity index (χ2n) is 5.59. The van der Waals surface area contributed by atoms with Gasteiger partial charge in [-0.05, 0) is 24.3 Å². The van der Waals surface area contributed by atoms with Crippen molar-refractivity contribution in [1.82, 2.24) is 0 Å². The summed E-state index contributed by atoms with van der Waals surface area (Å²) in [7, 11) is 0. The zero-order valence-corrected chi connectivity index (χ0v) is 13.6. The number of fused-ring (bicyclic) bond motifs is 2. The average molecular weight is 362 g/mol. The standard InChI is InChI=1S/C20H10O7/c21-9-13-17(11-5-1-3-7-15(11)25-19(13)23)27-18-12-6-2-4-8-16(12)26-20(24)14(18)10-22/h1-10H. The molecule has 2 aromatic heterocycles. The lowest BCUT2D eigenvalue weighted by atomic mass is 10.1. The van der Waals surface area contributed by atoms with Crippen molar-refractivity contribution in [3.63, 3.8) is 0 Å². The molecular formula is C20H10O7. The van der Waals surface area contributed by atoms with Gasteiger partial charge in [0.15, 0.2) is 24.1 Å². The van der Waals surface area contributed by atoms with Gasteiger partial charge >= 0.3 is 11.3 Å². The van der Waals surface area contributed by atoms with Gasteiger partial charge in [0.2, 0.25) is 0 Å². The number of ether oxygens (including phenoxy) is 1. The summed E-state index contributed by atoms with van der Waals surface area (Å²) in [6.45, 7) is 0. The molecule has 0 fully saturated rings. The van der Waals surface area contributed by atoms with Crippen LogP contribution in [-0.2, 0) is 0 Å². The number of carbonyl (C=O) groups is 2. The summed E-state index contributed by atoms with van der Waals surface area (Å²) in [6, 6.07) is 12.9. The number of para-hydroxylation sites is 2. The van der Waals surface area contributed by atoms with E-state index < -0.39 is 11.3 Å². The number of hydrogen-bond donors (Lipinski definition) is 0. The second-order valence-corrected chi connectivity index (χ2v) is 5.59. The maximum absolute atomic E-state index is 12.1. The fraction of sp³-hybridized carbons (Fsp3) is 0. The van der Waals surface area contributed by atoms with Gasteiger partial charge in [-0.1, -0.05) is 24.3 Å². The van der Waals surface area contributed by atoms with E-state index in [0.29, 0.717) is 23.3 Å². The highest BCUT2D eigenvalue weighted by Gasteiger charge is 2.21. The van der Waals surface area contributed by atoms with Crippen molar-refractivity contribution in [2.75, 3.05) is 0 Å². The zero-order chi connectivity index (χ0) is 19.0. The molecule has 0 radical (unpaired) electrons. The van der Waals surface area contributed by atoms with Crippen LogP contribution in [0.5, 0.6) is 11.5 Å². The molecule has 0 atom stereocenters. The summed E-state index contributed by atoms with van der Waals surface area (Å²) in [5.74, 6) is -0.202. The molecule has 0 spiro atoms. The minimum atomic E-state index is -0.890. The number of aldehydes is 2. The maximum Gasteiger partial charge on any atom is 0.350 e. The third-order valence-corrected chi connectivity index (χ3v) is 4.04. The van der Waals surface area contributed by atoms with E-state index in [1.165, 1.54) is 12.1 Å². The third-order valence-electron chi connectivity index (χ3n) is 4.04. The molecule has 0 amide bonds. The van der Waals surface area contributed by atoms with Crippen molar-refractivity contribution < 1.29 is 23.2 Å². The fourth-order valence-electron chi connectivity index (χ4n) is 2.80. The molecular weight excluding hydrogens is 352 g/mol. The Morgan fingerprint density at radius 2 is 1.07 bits per heavy atom. The fourth-order valence-corrected chi connectivity index (χ4v) is 2.80. The van der Waals surface area contributed by atoms with Gasteiger partial charge in [0.05, 0.1) is 10.8 Å². The topological polar surface area (TPSA) is 104 Å². The van der Waals surface area contributed by atoms with Crippen LogP contribution < -0.4 is 16.0 Å². The normalized spacial score (nSPS) is 10.8.